The van der Waals surface area contributed by atoms with Crippen molar-refractivity contribution in [3.05, 3.63) is 0 Å². The molecule has 3 heteroatoms. The molecule has 12 heavy (non-hydrogen) atoms. The van der Waals surface area contributed by atoms with Gasteiger partial charge in [0.25, 0.3) is 6.92 Å². The van der Waals surface area contributed by atoms with Crippen LogP contribution in [0, 0.1) is 5.41 Å². The van der Waals surface area contributed by atoms with Gasteiger partial charge < -0.3 is 4.65 Å². The van der Waals surface area contributed by atoms with Crippen molar-refractivity contribution < 1.29 is 4.65 Å². The maximum Gasteiger partial charge on any atom is 0.292 e. The summed E-state index contributed by atoms with van der Waals surface area (Å²) in [5, 5.41) is 0. The molecule has 0 heterocycles. The van der Waals surface area contributed by atoms with E-state index in [1.54, 1.807) is 0 Å². The number of alkyl halides is 1. The van der Waals surface area contributed by atoms with Crippen molar-refractivity contribution in [3.63, 3.8) is 0 Å². The van der Waals surface area contributed by atoms with Gasteiger partial charge in [-0.15, -0.1) is 11.6 Å². The molecule has 0 amide bonds. The van der Waals surface area contributed by atoms with Crippen LogP contribution in [0.2, 0.25) is 12.6 Å². The number of rotatable bonds is 6. The van der Waals surface area contributed by atoms with Crippen molar-refractivity contribution in [1.29, 1.82) is 0 Å². The quantitative estimate of drug-likeness (QED) is 0.461. The van der Waals surface area contributed by atoms with E-state index < -0.39 is 0 Å². The summed E-state index contributed by atoms with van der Waals surface area (Å²) in [4.78, 5) is 0. The van der Waals surface area contributed by atoms with Gasteiger partial charge in [0, 0.05) is 12.5 Å². The van der Waals surface area contributed by atoms with Crippen LogP contribution in [0.25, 0.3) is 0 Å². The number of halogens is 1. The zero-order chi connectivity index (χ0) is 9.61. The molecule has 0 aromatic rings. The molecule has 72 valence electrons. The Morgan fingerprint density at radius 2 is 1.75 bits per heavy atom. The number of hydrogen-bond acceptors (Lipinski definition) is 1. The minimum absolute atomic E-state index is 0.115. The molecule has 0 aromatic carbocycles. The summed E-state index contributed by atoms with van der Waals surface area (Å²) >= 11 is 5.78. The summed E-state index contributed by atoms with van der Waals surface area (Å²) in [5.74, 6) is 0.660. The van der Waals surface area contributed by atoms with Crippen molar-refractivity contribution in [2.75, 3.05) is 12.5 Å². The van der Waals surface area contributed by atoms with Crippen LogP contribution in [0.5, 0.6) is 0 Å². The molecule has 0 saturated heterocycles. The van der Waals surface area contributed by atoms with Crippen molar-refractivity contribution >= 4 is 18.5 Å². The van der Waals surface area contributed by atoms with Gasteiger partial charge in [-0.25, -0.2) is 0 Å². The first kappa shape index (κ1) is 12.3. The Kier molecular flexibility index (Phi) is 6.03. The van der Waals surface area contributed by atoms with Gasteiger partial charge in [-0.1, -0.05) is 40.3 Å². The van der Waals surface area contributed by atoms with Gasteiger partial charge in [-0.05, 0) is 5.41 Å². The summed E-state index contributed by atoms with van der Waals surface area (Å²) in [5.41, 5.74) is 0.115. The molecular formula is C9H20BClO. The fourth-order valence-electron chi connectivity index (χ4n) is 0.906. The summed E-state index contributed by atoms with van der Waals surface area (Å²) < 4.78 is 5.71. The van der Waals surface area contributed by atoms with Crippen LogP contribution in [-0.2, 0) is 4.65 Å². The molecule has 0 aliphatic rings. The van der Waals surface area contributed by atoms with E-state index in [4.69, 9.17) is 16.3 Å². The summed E-state index contributed by atoms with van der Waals surface area (Å²) in [6.07, 6.45) is 2.18. The predicted molar refractivity (Wildman–Crippen MR) is 57.2 cm³/mol. The molecule has 0 unspecified atom stereocenters. The first-order valence-corrected chi connectivity index (χ1v) is 5.26. The highest BCUT2D eigenvalue weighted by Crippen LogP contribution is 2.18. The molecule has 0 rings (SSSR count). The molecule has 0 radical (unpaired) electrons. The van der Waals surface area contributed by atoms with Crippen molar-refractivity contribution in [2.45, 2.75) is 40.3 Å². The van der Waals surface area contributed by atoms with Crippen LogP contribution < -0.4 is 0 Å². The van der Waals surface area contributed by atoms with E-state index in [2.05, 4.69) is 27.7 Å². The van der Waals surface area contributed by atoms with Crippen molar-refractivity contribution in [1.82, 2.24) is 0 Å². The van der Waals surface area contributed by atoms with E-state index in [9.17, 15) is 0 Å². The van der Waals surface area contributed by atoms with Crippen molar-refractivity contribution in [3.8, 4) is 0 Å². The Morgan fingerprint density at radius 1 is 1.25 bits per heavy atom. The Balaban J connectivity index is 3.65. The van der Waals surface area contributed by atoms with E-state index in [0.717, 1.165) is 19.2 Å². The summed E-state index contributed by atoms with van der Waals surface area (Å²) in [6.45, 7) is 9.74. The third-order valence-electron chi connectivity index (χ3n) is 1.98. The molecule has 0 fully saturated rings. The van der Waals surface area contributed by atoms with Gasteiger partial charge >= 0.3 is 0 Å². The van der Waals surface area contributed by atoms with Crippen LogP contribution in [0.3, 0.4) is 0 Å². The van der Waals surface area contributed by atoms with Gasteiger partial charge in [0.2, 0.25) is 0 Å². The van der Waals surface area contributed by atoms with Gasteiger partial charge in [0.05, 0.1) is 0 Å². The second-order valence-corrected chi connectivity index (χ2v) is 4.31. The molecule has 0 aromatic heterocycles. The van der Waals surface area contributed by atoms with E-state index >= 15 is 0 Å². The molecular weight excluding hydrogens is 170 g/mol. The first-order valence-electron chi connectivity index (χ1n) is 4.73. The summed E-state index contributed by atoms with van der Waals surface area (Å²) in [6, 6.07) is 0. The zero-order valence-corrected chi connectivity index (χ0v) is 9.45. The molecule has 0 aliphatic carbocycles. The van der Waals surface area contributed by atoms with Crippen LogP contribution >= 0.6 is 11.6 Å². The maximum atomic E-state index is 5.78. The summed E-state index contributed by atoms with van der Waals surface area (Å²) in [7, 11) is 0. The van der Waals surface area contributed by atoms with Crippen molar-refractivity contribution in [2.24, 2.45) is 5.41 Å². The lowest BCUT2D eigenvalue weighted by Crippen LogP contribution is -2.27. The maximum absolute atomic E-state index is 5.78. The predicted octanol–water partition coefficient (Wildman–Crippen LogP) is 3.30. The lowest BCUT2D eigenvalue weighted by atomic mass is 9.62. The van der Waals surface area contributed by atoms with Crippen LogP contribution in [-0.4, -0.2) is 19.4 Å². The third-order valence-corrected chi connectivity index (χ3v) is 2.71. The fourth-order valence-corrected chi connectivity index (χ4v) is 0.984. The van der Waals surface area contributed by atoms with Gasteiger partial charge in [-0.2, -0.15) is 0 Å². The van der Waals surface area contributed by atoms with Gasteiger partial charge in [0.15, 0.2) is 0 Å². The fraction of sp³-hybridized carbons (Fsp3) is 1.00. The molecule has 0 bridgehead atoms. The minimum atomic E-state index is 0.115. The normalized spacial score (nSPS) is 11.8. The minimum Gasteiger partial charge on any atom is -0.435 e. The Labute approximate surface area is 81.9 Å². The standard InChI is InChI=1S/C9H20BClO/c1-5-10(6-2)12-8-9(3,4)7-11/h5-8H2,1-4H3. The Morgan fingerprint density at radius 3 is 2.08 bits per heavy atom. The molecule has 1 nitrogen and oxygen atoms in total. The third kappa shape index (κ3) is 5.05. The largest absolute Gasteiger partial charge is 0.435 e. The van der Waals surface area contributed by atoms with Crippen LogP contribution in [0.4, 0.5) is 0 Å². The molecule has 0 atom stereocenters. The second kappa shape index (κ2) is 5.87. The second-order valence-electron chi connectivity index (χ2n) is 4.05. The topological polar surface area (TPSA) is 9.23 Å². The number of hydrogen-bond donors (Lipinski definition) is 0. The van der Waals surface area contributed by atoms with E-state index in [1.807, 2.05) is 0 Å². The zero-order valence-electron chi connectivity index (χ0n) is 8.69. The monoisotopic (exact) mass is 190 g/mol. The highest BCUT2D eigenvalue weighted by atomic mass is 35.5. The average molecular weight is 191 g/mol. The average Bonchev–Trinajstić information content (AvgIpc) is 2.06. The van der Waals surface area contributed by atoms with E-state index in [1.165, 1.54) is 0 Å². The highest BCUT2D eigenvalue weighted by molar-refractivity contribution is 6.51. The lowest BCUT2D eigenvalue weighted by molar-refractivity contribution is 0.200. The lowest BCUT2D eigenvalue weighted by Gasteiger charge is -2.23. The Bertz CT molecular complexity index is 113. The van der Waals surface area contributed by atoms with Gasteiger partial charge in [-0.3, -0.25) is 0 Å². The van der Waals surface area contributed by atoms with Gasteiger partial charge in [0.1, 0.15) is 0 Å². The first-order chi connectivity index (χ1) is 5.55. The molecule has 0 N–H and O–H groups in total. The highest BCUT2D eigenvalue weighted by Gasteiger charge is 2.19. The molecule has 0 aliphatic heterocycles. The van der Waals surface area contributed by atoms with E-state index in [0.29, 0.717) is 12.8 Å². The van der Waals surface area contributed by atoms with E-state index in [-0.39, 0.29) is 5.41 Å². The molecule has 0 saturated carbocycles. The smallest absolute Gasteiger partial charge is 0.292 e. The molecule has 0 spiro atoms. The Hall–Kier alpha value is 0.315. The van der Waals surface area contributed by atoms with Crippen LogP contribution in [0.1, 0.15) is 27.7 Å². The SMILES string of the molecule is CCB(CC)OCC(C)(C)CCl. The van der Waals surface area contributed by atoms with Crippen LogP contribution in [0.15, 0.2) is 0 Å².